The molecule has 1 N–H and O–H groups in total. The van der Waals surface area contributed by atoms with Crippen LogP contribution in [0.5, 0.6) is 5.75 Å². The van der Waals surface area contributed by atoms with Gasteiger partial charge in [0.2, 0.25) is 0 Å². The third-order valence-corrected chi connectivity index (χ3v) is 3.49. The van der Waals surface area contributed by atoms with E-state index in [1.807, 2.05) is 17.5 Å². The molecule has 0 aliphatic rings. The fourth-order valence-corrected chi connectivity index (χ4v) is 2.34. The SMILES string of the molecule is O=C(O)c1cc(OCc2cccs2)cs1. The molecule has 0 aromatic carbocycles. The van der Waals surface area contributed by atoms with Crippen molar-refractivity contribution >= 4 is 28.6 Å². The van der Waals surface area contributed by atoms with Gasteiger partial charge in [0.25, 0.3) is 0 Å². The molecule has 0 saturated carbocycles. The van der Waals surface area contributed by atoms with Gasteiger partial charge in [0, 0.05) is 16.3 Å². The minimum absolute atomic E-state index is 0.302. The number of carbonyl (C=O) groups is 1. The van der Waals surface area contributed by atoms with Gasteiger partial charge >= 0.3 is 5.97 Å². The van der Waals surface area contributed by atoms with Crippen LogP contribution < -0.4 is 4.74 Å². The first-order valence-corrected chi connectivity index (χ1v) is 5.98. The topological polar surface area (TPSA) is 46.5 Å². The van der Waals surface area contributed by atoms with Crippen LogP contribution in [0.1, 0.15) is 14.5 Å². The molecule has 0 bridgehead atoms. The molecule has 2 aromatic rings. The Labute approximate surface area is 94.6 Å². The van der Waals surface area contributed by atoms with Crippen molar-refractivity contribution in [2.45, 2.75) is 6.61 Å². The lowest BCUT2D eigenvalue weighted by Crippen LogP contribution is -1.92. The van der Waals surface area contributed by atoms with Crippen LogP contribution in [0.2, 0.25) is 0 Å². The molecule has 0 amide bonds. The summed E-state index contributed by atoms with van der Waals surface area (Å²) in [5.41, 5.74) is 0. The number of hydrogen-bond acceptors (Lipinski definition) is 4. The number of thiophene rings is 2. The number of carboxylic acid groups (broad SMARTS) is 1. The Balaban J connectivity index is 1.96. The van der Waals surface area contributed by atoms with Crippen molar-refractivity contribution in [3.05, 3.63) is 38.7 Å². The van der Waals surface area contributed by atoms with Crippen LogP contribution in [-0.2, 0) is 6.61 Å². The average molecular weight is 240 g/mol. The second kappa shape index (κ2) is 4.46. The summed E-state index contributed by atoms with van der Waals surface area (Å²) in [4.78, 5) is 12.0. The van der Waals surface area contributed by atoms with Crippen molar-refractivity contribution in [3.8, 4) is 5.75 Å². The van der Waals surface area contributed by atoms with E-state index in [1.165, 1.54) is 11.3 Å². The Kier molecular flexibility index (Phi) is 3.03. The number of aromatic carboxylic acids is 1. The second-order valence-corrected chi connectivity index (χ2v) is 4.76. The summed E-state index contributed by atoms with van der Waals surface area (Å²) in [7, 11) is 0. The van der Waals surface area contributed by atoms with Crippen LogP contribution in [0.4, 0.5) is 0 Å². The summed E-state index contributed by atoms with van der Waals surface area (Å²) in [5, 5.41) is 12.4. The fourth-order valence-electron chi connectivity index (χ4n) is 1.06. The molecule has 0 radical (unpaired) electrons. The molecule has 2 rings (SSSR count). The van der Waals surface area contributed by atoms with E-state index in [9.17, 15) is 4.79 Å². The number of rotatable bonds is 4. The van der Waals surface area contributed by atoms with E-state index in [1.54, 1.807) is 22.8 Å². The number of ether oxygens (including phenoxy) is 1. The van der Waals surface area contributed by atoms with E-state index in [4.69, 9.17) is 9.84 Å². The van der Waals surface area contributed by atoms with Gasteiger partial charge in [0.15, 0.2) is 0 Å². The van der Waals surface area contributed by atoms with Gasteiger partial charge in [-0.2, -0.15) is 0 Å². The van der Waals surface area contributed by atoms with Crippen LogP contribution >= 0.6 is 22.7 Å². The minimum atomic E-state index is -0.911. The van der Waals surface area contributed by atoms with Crippen LogP contribution in [0, 0.1) is 0 Å². The van der Waals surface area contributed by atoms with Crippen molar-refractivity contribution in [2.24, 2.45) is 0 Å². The lowest BCUT2D eigenvalue weighted by Gasteiger charge is -1.99. The standard InChI is InChI=1S/C10H8O3S2/c11-10(12)9-4-7(6-15-9)13-5-8-2-1-3-14-8/h1-4,6H,5H2,(H,11,12). The van der Waals surface area contributed by atoms with Gasteiger partial charge in [-0.1, -0.05) is 6.07 Å². The maximum atomic E-state index is 10.6. The van der Waals surface area contributed by atoms with E-state index in [2.05, 4.69) is 0 Å². The van der Waals surface area contributed by atoms with Gasteiger partial charge < -0.3 is 9.84 Å². The molecule has 0 aliphatic heterocycles. The molecule has 15 heavy (non-hydrogen) atoms. The molecule has 3 nitrogen and oxygen atoms in total. The van der Waals surface area contributed by atoms with Crippen LogP contribution in [-0.4, -0.2) is 11.1 Å². The van der Waals surface area contributed by atoms with Crippen LogP contribution in [0.25, 0.3) is 0 Å². The van der Waals surface area contributed by atoms with Crippen molar-refractivity contribution < 1.29 is 14.6 Å². The third kappa shape index (κ3) is 2.57. The first kappa shape index (κ1) is 10.2. The number of carboxylic acids is 1. The van der Waals surface area contributed by atoms with Crippen molar-refractivity contribution in [3.63, 3.8) is 0 Å². The first-order chi connectivity index (χ1) is 7.25. The second-order valence-electron chi connectivity index (χ2n) is 2.82. The Hall–Kier alpha value is -1.33. The lowest BCUT2D eigenvalue weighted by atomic mass is 10.4. The summed E-state index contributed by atoms with van der Waals surface area (Å²) in [6, 6.07) is 5.48. The van der Waals surface area contributed by atoms with Gasteiger partial charge in [-0.3, -0.25) is 0 Å². The summed E-state index contributed by atoms with van der Waals surface area (Å²) >= 11 is 2.79. The van der Waals surface area contributed by atoms with Crippen molar-refractivity contribution in [1.29, 1.82) is 0 Å². The van der Waals surface area contributed by atoms with Gasteiger partial charge in [-0.05, 0) is 11.4 Å². The minimum Gasteiger partial charge on any atom is -0.487 e. The molecule has 5 heteroatoms. The zero-order chi connectivity index (χ0) is 10.7. The zero-order valence-corrected chi connectivity index (χ0v) is 9.31. The van der Waals surface area contributed by atoms with Crippen LogP contribution in [0.15, 0.2) is 29.0 Å². The summed E-state index contributed by atoms with van der Waals surface area (Å²) in [6.07, 6.45) is 0. The average Bonchev–Trinajstić information content (AvgIpc) is 2.86. The van der Waals surface area contributed by atoms with Gasteiger partial charge in [-0.25, -0.2) is 4.79 Å². The van der Waals surface area contributed by atoms with Gasteiger partial charge in [-0.15, -0.1) is 22.7 Å². The van der Waals surface area contributed by atoms with E-state index in [0.717, 1.165) is 4.88 Å². The Morgan fingerprint density at radius 2 is 2.33 bits per heavy atom. The molecule has 78 valence electrons. The Bertz CT molecular complexity index is 445. The fraction of sp³-hybridized carbons (Fsp3) is 0.100. The molecule has 0 aliphatic carbocycles. The third-order valence-electron chi connectivity index (χ3n) is 1.75. The molecule has 0 spiro atoms. The maximum Gasteiger partial charge on any atom is 0.346 e. The highest BCUT2D eigenvalue weighted by Gasteiger charge is 2.07. The van der Waals surface area contributed by atoms with Gasteiger partial charge in [0.05, 0.1) is 0 Å². The summed E-state index contributed by atoms with van der Waals surface area (Å²) in [5.74, 6) is -0.295. The molecule has 0 unspecified atom stereocenters. The molecular weight excluding hydrogens is 232 g/mol. The predicted molar refractivity (Wildman–Crippen MR) is 59.9 cm³/mol. The largest absolute Gasteiger partial charge is 0.487 e. The van der Waals surface area contributed by atoms with Crippen LogP contribution in [0.3, 0.4) is 0 Å². The normalized spacial score (nSPS) is 10.1. The maximum absolute atomic E-state index is 10.6. The van der Waals surface area contributed by atoms with E-state index in [-0.39, 0.29) is 0 Å². The van der Waals surface area contributed by atoms with E-state index in [0.29, 0.717) is 17.2 Å². The van der Waals surface area contributed by atoms with E-state index < -0.39 is 5.97 Å². The van der Waals surface area contributed by atoms with Crippen molar-refractivity contribution in [2.75, 3.05) is 0 Å². The highest BCUT2D eigenvalue weighted by atomic mass is 32.1. The van der Waals surface area contributed by atoms with Gasteiger partial charge in [0.1, 0.15) is 17.2 Å². The smallest absolute Gasteiger partial charge is 0.346 e. The van der Waals surface area contributed by atoms with Crippen molar-refractivity contribution in [1.82, 2.24) is 0 Å². The zero-order valence-electron chi connectivity index (χ0n) is 7.67. The highest BCUT2D eigenvalue weighted by Crippen LogP contribution is 2.23. The molecule has 2 aromatic heterocycles. The highest BCUT2D eigenvalue weighted by molar-refractivity contribution is 7.12. The quantitative estimate of drug-likeness (QED) is 0.893. The molecule has 0 saturated heterocycles. The predicted octanol–water partition coefficient (Wildman–Crippen LogP) is 3.09. The molecule has 0 atom stereocenters. The monoisotopic (exact) mass is 240 g/mol. The van der Waals surface area contributed by atoms with E-state index >= 15 is 0 Å². The Morgan fingerprint density at radius 3 is 2.93 bits per heavy atom. The molecule has 2 heterocycles. The Morgan fingerprint density at radius 1 is 1.47 bits per heavy atom. The summed E-state index contributed by atoms with van der Waals surface area (Å²) < 4.78 is 5.44. The molecular formula is C10H8O3S2. The summed E-state index contributed by atoms with van der Waals surface area (Å²) in [6.45, 7) is 0.494. The molecule has 0 fully saturated rings. The number of hydrogen-bond donors (Lipinski definition) is 1. The first-order valence-electron chi connectivity index (χ1n) is 4.23. The lowest BCUT2D eigenvalue weighted by molar-refractivity contribution is 0.0702.